The highest BCUT2D eigenvalue weighted by atomic mass is 31.2. The average molecular weight is 218 g/mol. The summed E-state index contributed by atoms with van der Waals surface area (Å²) in [5.74, 6) is -0.600. The average Bonchev–Trinajstić information content (AvgIpc) is 2.48. The van der Waals surface area contributed by atoms with E-state index in [9.17, 15) is 4.57 Å². The van der Waals surface area contributed by atoms with Crippen LogP contribution in [-0.2, 0) is 18.6 Å². The van der Waals surface area contributed by atoms with E-state index in [1.807, 2.05) is 13.8 Å². The molecule has 2 aliphatic heterocycles. The number of fused-ring (bicyclic) bond motifs is 1. The van der Waals surface area contributed by atoms with Crippen LogP contribution >= 0.6 is 7.37 Å². The fourth-order valence-electron chi connectivity index (χ4n) is 1.99. The lowest BCUT2D eigenvalue weighted by Gasteiger charge is -2.21. The van der Waals surface area contributed by atoms with E-state index in [1.165, 1.54) is 7.11 Å². The standard InChI is InChI=1S/C9H15O4P/c1-6-8-7(5-14(6,10)11-4)12-9(2,3)13-8/h7-8H,1,5H2,2-4H3/t7-,8+,14+/m1/s1. The van der Waals surface area contributed by atoms with Gasteiger partial charge in [0.15, 0.2) is 5.79 Å². The molecule has 0 aromatic heterocycles. The zero-order chi connectivity index (χ0) is 10.6. The lowest BCUT2D eigenvalue weighted by atomic mass is 10.2. The van der Waals surface area contributed by atoms with Gasteiger partial charge in [-0.2, -0.15) is 0 Å². The van der Waals surface area contributed by atoms with Gasteiger partial charge in [-0.3, -0.25) is 4.57 Å². The van der Waals surface area contributed by atoms with E-state index < -0.39 is 13.2 Å². The molecule has 0 spiro atoms. The molecule has 0 aliphatic carbocycles. The summed E-state index contributed by atoms with van der Waals surface area (Å²) in [7, 11) is -1.28. The molecule has 0 unspecified atom stereocenters. The quantitative estimate of drug-likeness (QED) is 0.631. The minimum atomic E-state index is -2.72. The molecule has 80 valence electrons. The predicted octanol–water partition coefficient (Wildman–Crippen LogP) is 1.96. The van der Waals surface area contributed by atoms with Gasteiger partial charge in [-0.25, -0.2) is 0 Å². The normalized spacial score (nSPS) is 45.5. The molecule has 0 radical (unpaired) electrons. The Labute approximate surface area is 83.7 Å². The first-order chi connectivity index (χ1) is 6.38. The fourth-order valence-corrected chi connectivity index (χ4v) is 3.96. The number of ether oxygens (including phenoxy) is 2. The Balaban J connectivity index is 2.24. The summed E-state index contributed by atoms with van der Waals surface area (Å²) in [5, 5.41) is 0.551. The van der Waals surface area contributed by atoms with Gasteiger partial charge in [-0.1, -0.05) is 6.58 Å². The first kappa shape index (κ1) is 10.4. The van der Waals surface area contributed by atoms with E-state index >= 15 is 0 Å². The van der Waals surface area contributed by atoms with Gasteiger partial charge in [-0.05, 0) is 13.8 Å². The number of hydrogen-bond donors (Lipinski definition) is 0. The Hall–Kier alpha value is -0.150. The smallest absolute Gasteiger partial charge is 0.232 e. The molecule has 2 fully saturated rings. The highest BCUT2D eigenvalue weighted by Gasteiger charge is 2.55. The van der Waals surface area contributed by atoms with Crippen LogP contribution < -0.4 is 0 Å². The lowest BCUT2D eigenvalue weighted by molar-refractivity contribution is -0.142. The van der Waals surface area contributed by atoms with Crippen molar-refractivity contribution in [3.63, 3.8) is 0 Å². The van der Waals surface area contributed by atoms with Crippen molar-refractivity contribution >= 4 is 7.37 Å². The SMILES string of the molecule is C=C1[C@@H]2OC(C)(C)O[C@@H]2C[P@]1(=O)OC. The molecule has 2 aliphatic rings. The molecule has 0 aromatic rings. The van der Waals surface area contributed by atoms with Crippen molar-refractivity contribution in [3.05, 3.63) is 11.9 Å². The molecule has 2 rings (SSSR count). The van der Waals surface area contributed by atoms with E-state index in [2.05, 4.69) is 6.58 Å². The largest absolute Gasteiger partial charge is 0.344 e. The van der Waals surface area contributed by atoms with Gasteiger partial charge >= 0.3 is 0 Å². The van der Waals surface area contributed by atoms with Gasteiger partial charge in [0.25, 0.3) is 0 Å². The second-order valence-electron chi connectivity index (χ2n) is 4.12. The Bertz CT molecular complexity index is 323. The van der Waals surface area contributed by atoms with Crippen LogP contribution in [0, 0.1) is 0 Å². The van der Waals surface area contributed by atoms with Gasteiger partial charge in [-0.15, -0.1) is 0 Å². The predicted molar refractivity (Wildman–Crippen MR) is 52.4 cm³/mol. The minimum absolute atomic E-state index is 0.164. The monoisotopic (exact) mass is 218 g/mol. The summed E-state index contributed by atoms with van der Waals surface area (Å²) in [6.07, 6.45) is -0.0461. The van der Waals surface area contributed by atoms with Gasteiger partial charge < -0.3 is 14.0 Å². The lowest BCUT2D eigenvalue weighted by Crippen LogP contribution is -2.22. The molecule has 14 heavy (non-hydrogen) atoms. The highest BCUT2D eigenvalue weighted by Crippen LogP contribution is 2.64. The topological polar surface area (TPSA) is 44.8 Å². The van der Waals surface area contributed by atoms with E-state index in [0.717, 1.165) is 0 Å². The van der Waals surface area contributed by atoms with Gasteiger partial charge in [0.05, 0.1) is 6.16 Å². The molecule has 0 saturated carbocycles. The highest BCUT2D eigenvalue weighted by molar-refractivity contribution is 7.64. The van der Waals surface area contributed by atoms with Crippen molar-refractivity contribution in [1.29, 1.82) is 0 Å². The summed E-state index contributed by atoms with van der Waals surface area (Å²) in [4.78, 5) is 0. The van der Waals surface area contributed by atoms with Crippen LogP contribution in [0.25, 0.3) is 0 Å². The molecule has 5 heteroatoms. The minimum Gasteiger partial charge on any atom is -0.344 e. The zero-order valence-corrected chi connectivity index (χ0v) is 9.54. The van der Waals surface area contributed by atoms with E-state index in [-0.39, 0.29) is 12.2 Å². The van der Waals surface area contributed by atoms with Crippen molar-refractivity contribution in [2.75, 3.05) is 13.3 Å². The first-order valence-electron chi connectivity index (χ1n) is 4.58. The van der Waals surface area contributed by atoms with Gasteiger partial charge in [0.2, 0.25) is 7.37 Å². The third kappa shape index (κ3) is 1.38. The molecular weight excluding hydrogens is 203 g/mol. The van der Waals surface area contributed by atoms with Crippen LogP contribution in [0.1, 0.15) is 13.8 Å². The molecule has 0 N–H and O–H groups in total. The van der Waals surface area contributed by atoms with Gasteiger partial charge in [0.1, 0.15) is 12.2 Å². The molecule has 2 heterocycles. The van der Waals surface area contributed by atoms with Crippen LogP contribution in [0.3, 0.4) is 0 Å². The van der Waals surface area contributed by atoms with E-state index in [4.69, 9.17) is 14.0 Å². The van der Waals surface area contributed by atoms with Crippen molar-refractivity contribution < 1.29 is 18.6 Å². The van der Waals surface area contributed by atoms with Crippen LogP contribution in [0.5, 0.6) is 0 Å². The summed E-state index contributed by atoms with van der Waals surface area (Å²) in [5.41, 5.74) is 0. The molecular formula is C9H15O4P. The van der Waals surface area contributed by atoms with Gasteiger partial charge in [0, 0.05) is 12.4 Å². The Morgan fingerprint density at radius 2 is 2.21 bits per heavy atom. The Morgan fingerprint density at radius 1 is 1.57 bits per heavy atom. The summed E-state index contributed by atoms with van der Waals surface area (Å²) in [6, 6.07) is 0. The van der Waals surface area contributed by atoms with Crippen molar-refractivity contribution in [1.82, 2.24) is 0 Å². The molecule has 2 saturated heterocycles. The maximum atomic E-state index is 12.1. The Kier molecular flexibility index (Phi) is 2.16. The van der Waals surface area contributed by atoms with Crippen molar-refractivity contribution in [2.45, 2.75) is 31.8 Å². The van der Waals surface area contributed by atoms with Crippen molar-refractivity contribution in [2.24, 2.45) is 0 Å². The van der Waals surface area contributed by atoms with Crippen LogP contribution in [0.4, 0.5) is 0 Å². The summed E-state index contributed by atoms with van der Waals surface area (Å²) >= 11 is 0. The van der Waals surface area contributed by atoms with E-state index in [1.54, 1.807) is 0 Å². The summed E-state index contributed by atoms with van der Waals surface area (Å²) in [6.45, 7) is 7.48. The first-order valence-corrected chi connectivity index (χ1v) is 6.39. The second-order valence-corrected chi connectivity index (χ2v) is 6.78. The number of hydrogen-bond acceptors (Lipinski definition) is 4. The maximum Gasteiger partial charge on any atom is 0.232 e. The third-order valence-corrected chi connectivity index (χ3v) is 5.23. The molecule has 0 aromatic carbocycles. The summed E-state index contributed by atoms with van der Waals surface area (Å²) < 4.78 is 28.3. The fraction of sp³-hybridized carbons (Fsp3) is 0.778. The number of rotatable bonds is 1. The second kappa shape index (κ2) is 2.92. The Morgan fingerprint density at radius 3 is 2.71 bits per heavy atom. The third-order valence-electron chi connectivity index (χ3n) is 2.66. The van der Waals surface area contributed by atoms with Crippen LogP contribution in [0.15, 0.2) is 11.9 Å². The molecule has 4 nitrogen and oxygen atoms in total. The molecule has 0 bridgehead atoms. The van der Waals surface area contributed by atoms with Crippen LogP contribution in [-0.4, -0.2) is 31.3 Å². The van der Waals surface area contributed by atoms with Crippen LogP contribution in [0.2, 0.25) is 0 Å². The zero-order valence-electron chi connectivity index (χ0n) is 8.65. The van der Waals surface area contributed by atoms with Crippen molar-refractivity contribution in [3.8, 4) is 0 Å². The molecule has 0 amide bonds. The maximum absolute atomic E-state index is 12.1. The van der Waals surface area contributed by atoms with E-state index in [0.29, 0.717) is 11.5 Å². The molecule has 3 atom stereocenters.